The van der Waals surface area contributed by atoms with Crippen molar-refractivity contribution >= 4 is 17.4 Å². The average molecular weight is 269 g/mol. The molecule has 0 aliphatic carbocycles. The van der Waals surface area contributed by atoms with Gasteiger partial charge in [0.15, 0.2) is 0 Å². The Morgan fingerprint density at radius 2 is 1.90 bits per heavy atom. The molecule has 2 N–H and O–H groups in total. The SMILES string of the molecule is CC(C)Nc1ccc(NC(=O)Cc2ccccc2)nc1. The zero-order chi connectivity index (χ0) is 14.4. The lowest BCUT2D eigenvalue weighted by Gasteiger charge is -2.10. The summed E-state index contributed by atoms with van der Waals surface area (Å²) in [5, 5.41) is 6.04. The van der Waals surface area contributed by atoms with E-state index in [-0.39, 0.29) is 5.91 Å². The fourth-order valence-corrected chi connectivity index (χ4v) is 1.85. The lowest BCUT2D eigenvalue weighted by atomic mass is 10.1. The Morgan fingerprint density at radius 3 is 2.50 bits per heavy atom. The van der Waals surface area contributed by atoms with E-state index < -0.39 is 0 Å². The molecule has 1 amide bonds. The zero-order valence-electron chi connectivity index (χ0n) is 11.8. The van der Waals surface area contributed by atoms with Crippen molar-refractivity contribution in [3.05, 3.63) is 54.2 Å². The molecule has 0 aliphatic rings. The normalized spacial score (nSPS) is 10.3. The van der Waals surface area contributed by atoms with Crippen LogP contribution in [0.4, 0.5) is 11.5 Å². The minimum Gasteiger partial charge on any atom is -0.382 e. The molecule has 0 fully saturated rings. The summed E-state index contributed by atoms with van der Waals surface area (Å²) in [6.45, 7) is 4.13. The van der Waals surface area contributed by atoms with Gasteiger partial charge >= 0.3 is 0 Å². The number of anilines is 2. The highest BCUT2D eigenvalue weighted by Crippen LogP contribution is 2.11. The topological polar surface area (TPSA) is 54.0 Å². The van der Waals surface area contributed by atoms with Gasteiger partial charge in [0, 0.05) is 6.04 Å². The Morgan fingerprint density at radius 1 is 1.15 bits per heavy atom. The van der Waals surface area contributed by atoms with Gasteiger partial charge in [0.1, 0.15) is 5.82 Å². The number of hydrogen-bond donors (Lipinski definition) is 2. The highest BCUT2D eigenvalue weighted by atomic mass is 16.1. The second kappa shape index (κ2) is 6.70. The first-order valence-electron chi connectivity index (χ1n) is 6.70. The number of nitrogens with zero attached hydrogens (tertiary/aromatic N) is 1. The molecule has 1 aromatic carbocycles. The van der Waals surface area contributed by atoms with Crippen molar-refractivity contribution in [3.8, 4) is 0 Å². The zero-order valence-corrected chi connectivity index (χ0v) is 11.8. The summed E-state index contributed by atoms with van der Waals surface area (Å²) in [6.07, 6.45) is 2.08. The van der Waals surface area contributed by atoms with Crippen molar-refractivity contribution in [2.24, 2.45) is 0 Å². The van der Waals surface area contributed by atoms with Crippen molar-refractivity contribution in [3.63, 3.8) is 0 Å². The smallest absolute Gasteiger partial charge is 0.229 e. The van der Waals surface area contributed by atoms with E-state index in [0.29, 0.717) is 18.3 Å². The monoisotopic (exact) mass is 269 g/mol. The molecule has 2 aromatic rings. The van der Waals surface area contributed by atoms with Crippen molar-refractivity contribution in [1.29, 1.82) is 0 Å². The predicted octanol–water partition coefficient (Wildman–Crippen LogP) is 3.08. The maximum absolute atomic E-state index is 11.9. The Hall–Kier alpha value is -2.36. The Bertz CT molecular complexity index is 550. The quantitative estimate of drug-likeness (QED) is 0.877. The van der Waals surface area contributed by atoms with Crippen LogP contribution in [0.3, 0.4) is 0 Å². The summed E-state index contributed by atoms with van der Waals surface area (Å²) in [4.78, 5) is 16.1. The van der Waals surface area contributed by atoms with E-state index in [1.54, 1.807) is 12.3 Å². The average Bonchev–Trinajstić information content (AvgIpc) is 2.41. The molecule has 0 atom stereocenters. The molecule has 0 aliphatic heterocycles. The van der Waals surface area contributed by atoms with Crippen LogP contribution in [0, 0.1) is 0 Å². The van der Waals surface area contributed by atoms with Crippen LogP contribution in [0.25, 0.3) is 0 Å². The van der Waals surface area contributed by atoms with E-state index in [9.17, 15) is 4.79 Å². The van der Waals surface area contributed by atoms with Gasteiger partial charge in [-0.3, -0.25) is 4.79 Å². The second-order valence-corrected chi connectivity index (χ2v) is 4.94. The molecule has 0 saturated heterocycles. The minimum atomic E-state index is -0.0618. The molecule has 1 heterocycles. The highest BCUT2D eigenvalue weighted by molar-refractivity contribution is 5.91. The number of nitrogens with one attached hydrogen (secondary N) is 2. The molecule has 4 nitrogen and oxygen atoms in total. The third-order valence-electron chi connectivity index (χ3n) is 2.69. The molecule has 0 radical (unpaired) electrons. The van der Waals surface area contributed by atoms with Gasteiger partial charge in [0.2, 0.25) is 5.91 Å². The number of hydrogen-bond acceptors (Lipinski definition) is 3. The third-order valence-corrected chi connectivity index (χ3v) is 2.69. The summed E-state index contributed by atoms with van der Waals surface area (Å²) in [7, 11) is 0. The van der Waals surface area contributed by atoms with Gasteiger partial charge in [0.05, 0.1) is 18.3 Å². The van der Waals surface area contributed by atoms with Crippen LogP contribution in [0.1, 0.15) is 19.4 Å². The summed E-state index contributed by atoms with van der Waals surface area (Å²) in [5.74, 6) is 0.508. The number of amides is 1. The van der Waals surface area contributed by atoms with Crippen LogP contribution in [0.2, 0.25) is 0 Å². The summed E-state index contributed by atoms with van der Waals surface area (Å²) in [5.41, 5.74) is 1.93. The van der Waals surface area contributed by atoms with Gasteiger partial charge in [-0.1, -0.05) is 30.3 Å². The molecule has 0 saturated carbocycles. The number of aromatic nitrogens is 1. The van der Waals surface area contributed by atoms with Crippen LogP contribution in [0.15, 0.2) is 48.7 Å². The van der Waals surface area contributed by atoms with E-state index >= 15 is 0 Å². The van der Waals surface area contributed by atoms with Crippen LogP contribution in [0.5, 0.6) is 0 Å². The molecular weight excluding hydrogens is 250 g/mol. The van der Waals surface area contributed by atoms with E-state index in [0.717, 1.165) is 11.3 Å². The number of carbonyl (C=O) groups excluding carboxylic acids is 1. The van der Waals surface area contributed by atoms with E-state index in [2.05, 4.69) is 29.5 Å². The van der Waals surface area contributed by atoms with Crippen LogP contribution in [-0.4, -0.2) is 16.9 Å². The lowest BCUT2D eigenvalue weighted by Crippen LogP contribution is -2.15. The van der Waals surface area contributed by atoms with Crippen molar-refractivity contribution in [2.75, 3.05) is 10.6 Å². The number of benzene rings is 1. The molecular formula is C16H19N3O. The fourth-order valence-electron chi connectivity index (χ4n) is 1.85. The fraction of sp³-hybridized carbons (Fsp3) is 0.250. The maximum atomic E-state index is 11.9. The largest absolute Gasteiger partial charge is 0.382 e. The first-order chi connectivity index (χ1) is 9.63. The number of rotatable bonds is 5. The molecule has 1 aromatic heterocycles. The maximum Gasteiger partial charge on any atom is 0.229 e. The summed E-state index contributed by atoms with van der Waals surface area (Å²) in [6, 6.07) is 13.7. The molecule has 0 spiro atoms. The van der Waals surface area contributed by atoms with Crippen molar-refractivity contribution in [1.82, 2.24) is 4.98 Å². The van der Waals surface area contributed by atoms with Crippen LogP contribution in [-0.2, 0) is 11.2 Å². The van der Waals surface area contributed by atoms with E-state index in [4.69, 9.17) is 0 Å². The molecule has 4 heteroatoms. The van der Waals surface area contributed by atoms with Gasteiger partial charge in [-0.25, -0.2) is 4.98 Å². The van der Waals surface area contributed by atoms with Crippen LogP contribution >= 0.6 is 0 Å². The van der Waals surface area contributed by atoms with Crippen molar-refractivity contribution < 1.29 is 4.79 Å². The molecule has 2 rings (SSSR count). The Labute approximate surface area is 119 Å². The molecule has 104 valence electrons. The van der Waals surface area contributed by atoms with Gasteiger partial charge in [-0.2, -0.15) is 0 Å². The first-order valence-corrected chi connectivity index (χ1v) is 6.70. The van der Waals surface area contributed by atoms with Gasteiger partial charge < -0.3 is 10.6 Å². The van der Waals surface area contributed by atoms with Gasteiger partial charge in [-0.15, -0.1) is 0 Å². The van der Waals surface area contributed by atoms with E-state index in [1.807, 2.05) is 36.4 Å². The summed E-state index contributed by atoms with van der Waals surface area (Å²) >= 11 is 0. The second-order valence-electron chi connectivity index (χ2n) is 4.94. The molecule has 0 bridgehead atoms. The first kappa shape index (κ1) is 14.1. The predicted molar refractivity (Wildman–Crippen MR) is 81.8 cm³/mol. The summed E-state index contributed by atoms with van der Waals surface area (Å²) < 4.78 is 0. The Kier molecular flexibility index (Phi) is 4.71. The van der Waals surface area contributed by atoms with Gasteiger partial charge in [0.25, 0.3) is 0 Å². The highest BCUT2D eigenvalue weighted by Gasteiger charge is 2.04. The number of carbonyl (C=O) groups is 1. The number of pyridine rings is 1. The Balaban J connectivity index is 1.91. The molecule has 0 unspecified atom stereocenters. The van der Waals surface area contributed by atoms with Gasteiger partial charge in [-0.05, 0) is 31.5 Å². The standard InChI is InChI=1S/C16H19N3O/c1-12(2)18-14-8-9-15(17-11-14)19-16(20)10-13-6-4-3-5-7-13/h3-9,11-12,18H,10H2,1-2H3,(H,17,19,20). The van der Waals surface area contributed by atoms with Crippen LogP contribution < -0.4 is 10.6 Å². The van der Waals surface area contributed by atoms with E-state index in [1.165, 1.54) is 0 Å². The minimum absolute atomic E-state index is 0.0618. The third kappa shape index (κ3) is 4.39. The lowest BCUT2D eigenvalue weighted by molar-refractivity contribution is -0.115. The molecule has 20 heavy (non-hydrogen) atoms. The van der Waals surface area contributed by atoms with Crippen molar-refractivity contribution in [2.45, 2.75) is 26.3 Å².